The van der Waals surface area contributed by atoms with E-state index in [0.717, 1.165) is 6.42 Å². The summed E-state index contributed by atoms with van der Waals surface area (Å²) >= 11 is 11.6. The Morgan fingerprint density at radius 2 is 2.13 bits per heavy atom. The van der Waals surface area contributed by atoms with E-state index in [1.54, 1.807) is 18.2 Å². The van der Waals surface area contributed by atoms with Gasteiger partial charge in [-0.15, -0.1) is 0 Å². The van der Waals surface area contributed by atoms with Crippen molar-refractivity contribution in [3.05, 3.63) is 28.2 Å². The maximum absolute atomic E-state index is 11.5. The maximum atomic E-state index is 11.5. The molecule has 0 radical (unpaired) electrons. The number of hydrogen-bond acceptors (Lipinski definition) is 2. The summed E-state index contributed by atoms with van der Waals surface area (Å²) in [6.07, 6.45) is 0.907. The highest BCUT2D eigenvalue weighted by Gasteiger charge is 2.40. The Morgan fingerprint density at radius 1 is 1.47 bits per heavy atom. The van der Waals surface area contributed by atoms with Crippen LogP contribution in [0.1, 0.15) is 13.3 Å². The quantitative estimate of drug-likeness (QED) is 0.588. The summed E-state index contributed by atoms with van der Waals surface area (Å²) in [5.74, 6) is 0.650. The highest BCUT2D eigenvalue weighted by Crippen LogP contribution is 2.39. The molecule has 0 saturated heterocycles. The lowest BCUT2D eigenvalue weighted by Crippen LogP contribution is -2.11. The molecule has 1 aromatic rings. The van der Waals surface area contributed by atoms with Gasteiger partial charge in [0, 0.05) is 5.02 Å². The van der Waals surface area contributed by atoms with Gasteiger partial charge in [-0.05, 0) is 30.5 Å². The van der Waals surface area contributed by atoms with Crippen molar-refractivity contribution in [2.45, 2.75) is 13.3 Å². The number of esters is 1. The van der Waals surface area contributed by atoms with E-state index in [1.165, 1.54) is 0 Å². The number of rotatable bonds is 2. The highest BCUT2D eigenvalue weighted by atomic mass is 35.5. The van der Waals surface area contributed by atoms with Crippen molar-refractivity contribution in [2.75, 3.05) is 0 Å². The van der Waals surface area contributed by atoms with Crippen LogP contribution in [0.3, 0.4) is 0 Å². The molecule has 0 aromatic heterocycles. The molecule has 2 rings (SSSR count). The molecule has 0 bridgehead atoms. The van der Waals surface area contributed by atoms with E-state index in [9.17, 15) is 4.79 Å². The Bertz CT molecular complexity index is 404. The second kappa shape index (κ2) is 4.03. The average molecular weight is 245 g/mol. The molecule has 1 aromatic carbocycles. The number of halogens is 2. The van der Waals surface area contributed by atoms with E-state index >= 15 is 0 Å². The lowest BCUT2D eigenvalue weighted by Gasteiger charge is -2.05. The maximum Gasteiger partial charge on any atom is 0.314 e. The van der Waals surface area contributed by atoms with Gasteiger partial charge in [-0.25, -0.2) is 0 Å². The number of benzene rings is 1. The smallest absolute Gasteiger partial charge is 0.314 e. The number of ether oxygens (including phenoxy) is 1. The first-order chi connectivity index (χ1) is 7.08. The summed E-state index contributed by atoms with van der Waals surface area (Å²) in [6, 6.07) is 4.81. The van der Waals surface area contributed by atoms with Crippen LogP contribution in [0.5, 0.6) is 5.75 Å². The van der Waals surface area contributed by atoms with Crippen LogP contribution < -0.4 is 4.74 Å². The zero-order valence-electron chi connectivity index (χ0n) is 8.17. The van der Waals surface area contributed by atoms with E-state index in [1.807, 2.05) is 6.92 Å². The predicted molar refractivity (Wildman–Crippen MR) is 59.4 cm³/mol. The lowest BCUT2D eigenvalue weighted by molar-refractivity contribution is -0.136. The fourth-order valence-corrected chi connectivity index (χ4v) is 1.84. The number of hydrogen-bond donors (Lipinski definition) is 0. The van der Waals surface area contributed by atoms with Gasteiger partial charge in [-0.2, -0.15) is 0 Å². The molecule has 2 atom stereocenters. The van der Waals surface area contributed by atoms with Crippen molar-refractivity contribution < 1.29 is 9.53 Å². The van der Waals surface area contributed by atoms with Gasteiger partial charge >= 0.3 is 5.97 Å². The molecule has 0 amide bonds. The Balaban J connectivity index is 2.07. The molecule has 15 heavy (non-hydrogen) atoms. The van der Waals surface area contributed by atoms with Crippen molar-refractivity contribution in [1.82, 2.24) is 0 Å². The summed E-state index contributed by atoms with van der Waals surface area (Å²) in [7, 11) is 0. The molecule has 1 aliphatic rings. The SMILES string of the molecule is CC1CC1C(=O)Oc1ccc(Cl)cc1Cl. The van der Waals surface area contributed by atoms with Gasteiger partial charge in [0.25, 0.3) is 0 Å². The van der Waals surface area contributed by atoms with E-state index in [2.05, 4.69) is 0 Å². The van der Waals surface area contributed by atoms with Crippen molar-refractivity contribution in [2.24, 2.45) is 11.8 Å². The minimum absolute atomic E-state index is 0.0387. The van der Waals surface area contributed by atoms with Crippen LogP contribution in [0.2, 0.25) is 10.0 Å². The molecular formula is C11H10Cl2O2. The fraction of sp³-hybridized carbons (Fsp3) is 0.364. The van der Waals surface area contributed by atoms with Crippen molar-refractivity contribution in [3.8, 4) is 5.75 Å². The number of carbonyl (C=O) groups is 1. The van der Waals surface area contributed by atoms with E-state index in [-0.39, 0.29) is 11.9 Å². The van der Waals surface area contributed by atoms with Crippen LogP contribution in [0.15, 0.2) is 18.2 Å². The average Bonchev–Trinajstić information content (AvgIpc) is 2.88. The first kappa shape index (κ1) is 10.8. The second-order valence-electron chi connectivity index (χ2n) is 3.82. The van der Waals surface area contributed by atoms with Crippen molar-refractivity contribution in [3.63, 3.8) is 0 Å². The molecule has 80 valence electrons. The summed E-state index contributed by atoms with van der Waals surface area (Å²) in [4.78, 5) is 11.5. The fourth-order valence-electron chi connectivity index (χ4n) is 1.39. The largest absolute Gasteiger partial charge is 0.425 e. The highest BCUT2D eigenvalue weighted by molar-refractivity contribution is 6.35. The molecular weight excluding hydrogens is 235 g/mol. The van der Waals surface area contributed by atoms with Gasteiger partial charge in [-0.1, -0.05) is 30.1 Å². The topological polar surface area (TPSA) is 26.3 Å². The van der Waals surface area contributed by atoms with E-state index in [0.29, 0.717) is 21.7 Å². The minimum Gasteiger partial charge on any atom is -0.425 e. The third-order valence-electron chi connectivity index (χ3n) is 2.52. The third kappa shape index (κ3) is 2.44. The van der Waals surface area contributed by atoms with Gasteiger partial charge in [-0.3, -0.25) is 4.79 Å². The van der Waals surface area contributed by atoms with Crippen LogP contribution in [0.25, 0.3) is 0 Å². The molecule has 0 N–H and O–H groups in total. The van der Waals surface area contributed by atoms with Crippen LogP contribution >= 0.6 is 23.2 Å². The van der Waals surface area contributed by atoms with Crippen LogP contribution in [-0.2, 0) is 4.79 Å². The molecule has 2 nitrogen and oxygen atoms in total. The van der Waals surface area contributed by atoms with Gasteiger partial charge in [0.2, 0.25) is 0 Å². The van der Waals surface area contributed by atoms with Crippen molar-refractivity contribution in [1.29, 1.82) is 0 Å². The molecule has 1 fully saturated rings. The van der Waals surface area contributed by atoms with Gasteiger partial charge in [0.15, 0.2) is 0 Å². The molecule has 0 heterocycles. The molecule has 0 spiro atoms. The van der Waals surface area contributed by atoms with Gasteiger partial charge in [0.1, 0.15) is 5.75 Å². The predicted octanol–water partition coefficient (Wildman–Crippen LogP) is 3.55. The molecule has 0 aliphatic heterocycles. The third-order valence-corrected chi connectivity index (χ3v) is 3.05. The molecule has 4 heteroatoms. The summed E-state index contributed by atoms with van der Waals surface area (Å²) in [6.45, 7) is 2.02. The first-order valence-electron chi connectivity index (χ1n) is 4.74. The normalized spacial score (nSPS) is 23.7. The summed E-state index contributed by atoms with van der Waals surface area (Å²) in [5.41, 5.74) is 0. The second-order valence-corrected chi connectivity index (χ2v) is 4.66. The van der Waals surface area contributed by atoms with Gasteiger partial charge in [0.05, 0.1) is 10.9 Å². The van der Waals surface area contributed by atoms with Gasteiger partial charge < -0.3 is 4.74 Å². The Morgan fingerprint density at radius 3 is 2.67 bits per heavy atom. The van der Waals surface area contributed by atoms with E-state index < -0.39 is 0 Å². The Kier molecular flexibility index (Phi) is 2.89. The van der Waals surface area contributed by atoms with Crippen LogP contribution in [0.4, 0.5) is 0 Å². The standard InChI is InChI=1S/C11H10Cl2O2/c1-6-4-8(6)11(14)15-10-3-2-7(12)5-9(10)13/h2-3,5-6,8H,4H2,1H3. The molecule has 1 aliphatic carbocycles. The Labute approximate surface area is 98.1 Å². The first-order valence-corrected chi connectivity index (χ1v) is 5.50. The van der Waals surface area contributed by atoms with Crippen LogP contribution in [0, 0.1) is 11.8 Å². The zero-order valence-corrected chi connectivity index (χ0v) is 9.68. The summed E-state index contributed by atoms with van der Waals surface area (Å²) in [5, 5.41) is 0.892. The summed E-state index contributed by atoms with van der Waals surface area (Å²) < 4.78 is 5.16. The van der Waals surface area contributed by atoms with Crippen molar-refractivity contribution >= 4 is 29.2 Å². The molecule has 2 unspecified atom stereocenters. The minimum atomic E-state index is -0.202. The number of carbonyl (C=O) groups excluding carboxylic acids is 1. The van der Waals surface area contributed by atoms with Crippen LogP contribution in [-0.4, -0.2) is 5.97 Å². The Hall–Kier alpha value is -0.730. The zero-order chi connectivity index (χ0) is 11.0. The molecule has 1 saturated carbocycles. The monoisotopic (exact) mass is 244 g/mol. The van der Waals surface area contributed by atoms with E-state index in [4.69, 9.17) is 27.9 Å². The lowest BCUT2D eigenvalue weighted by atomic mass is 10.3.